The van der Waals surface area contributed by atoms with E-state index in [2.05, 4.69) is 5.32 Å². The lowest BCUT2D eigenvalue weighted by Crippen LogP contribution is -2.43. The van der Waals surface area contributed by atoms with Crippen molar-refractivity contribution in [1.82, 2.24) is 5.32 Å². The molecule has 0 radical (unpaired) electrons. The first-order valence-electron chi connectivity index (χ1n) is 4.68. The SMILES string of the molecule is CC(C(=O)NC(CF)C(=O)O)c1cccs1. The molecule has 0 spiro atoms. The smallest absolute Gasteiger partial charge is 0.328 e. The van der Waals surface area contributed by atoms with E-state index in [4.69, 9.17) is 5.11 Å². The monoisotopic (exact) mass is 245 g/mol. The molecule has 0 aromatic carbocycles. The van der Waals surface area contributed by atoms with Gasteiger partial charge in [0.2, 0.25) is 5.91 Å². The van der Waals surface area contributed by atoms with Gasteiger partial charge in [0.15, 0.2) is 6.04 Å². The first kappa shape index (κ1) is 12.6. The topological polar surface area (TPSA) is 66.4 Å². The zero-order valence-corrected chi connectivity index (χ0v) is 9.46. The van der Waals surface area contributed by atoms with Gasteiger partial charge in [0.05, 0.1) is 5.92 Å². The number of carbonyl (C=O) groups excluding carboxylic acids is 1. The Morgan fingerprint density at radius 1 is 1.62 bits per heavy atom. The third-order valence-electron chi connectivity index (χ3n) is 2.13. The lowest BCUT2D eigenvalue weighted by atomic mass is 10.1. The summed E-state index contributed by atoms with van der Waals surface area (Å²) in [5.74, 6) is -2.31. The van der Waals surface area contributed by atoms with Gasteiger partial charge in [0, 0.05) is 4.88 Å². The molecular formula is C10H12FNO3S. The summed E-state index contributed by atoms with van der Waals surface area (Å²) in [6.45, 7) is 0.538. The maximum absolute atomic E-state index is 12.3. The van der Waals surface area contributed by atoms with E-state index in [1.807, 2.05) is 5.38 Å². The van der Waals surface area contributed by atoms with Crippen LogP contribution in [0.3, 0.4) is 0 Å². The number of hydrogen-bond acceptors (Lipinski definition) is 3. The lowest BCUT2D eigenvalue weighted by molar-refractivity contribution is -0.142. The first-order valence-corrected chi connectivity index (χ1v) is 5.56. The van der Waals surface area contributed by atoms with Crippen LogP contribution in [0.15, 0.2) is 17.5 Å². The number of thiophene rings is 1. The van der Waals surface area contributed by atoms with Crippen molar-refractivity contribution in [2.75, 3.05) is 6.67 Å². The van der Waals surface area contributed by atoms with E-state index < -0.39 is 30.5 Å². The molecule has 88 valence electrons. The van der Waals surface area contributed by atoms with Gasteiger partial charge in [-0.25, -0.2) is 9.18 Å². The van der Waals surface area contributed by atoms with Gasteiger partial charge in [-0.15, -0.1) is 11.3 Å². The molecule has 0 aliphatic carbocycles. The highest BCUT2D eigenvalue weighted by atomic mass is 32.1. The molecule has 2 atom stereocenters. The minimum Gasteiger partial charge on any atom is -0.480 e. The molecule has 0 saturated heterocycles. The summed E-state index contributed by atoms with van der Waals surface area (Å²) in [5, 5.41) is 12.6. The van der Waals surface area contributed by atoms with E-state index in [1.165, 1.54) is 11.3 Å². The second kappa shape index (κ2) is 5.60. The minimum atomic E-state index is -1.46. The second-order valence-electron chi connectivity index (χ2n) is 3.29. The van der Waals surface area contributed by atoms with Crippen molar-refractivity contribution in [2.45, 2.75) is 18.9 Å². The molecule has 1 heterocycles. The van der Waals surface area contributed by atoms with Crippen LogP contribution in [0.5, 0.6) is 0 Å². The number of carboxylic acids is 1. The van der Waals surface area contributed by atoms with Crippen LogP contribution in [0.1, 0.15) is 17.7 Å². The predicted molar refractivity (Wildman–Crippen MR) is 58.3 cm³/mol. The fourth-order valence-electron chi connectivity index (χ4n) is 1.13. The summed E-state index contributed by atoms with van der Waals surface area (Å²) in [5.41, 5.74) is 0. The van der Waals surface area contributed by atoms with Gasteiger partial charge in [0.25, 0.3) is 0 Å². The Kier molecular flexibility index (Phi) is 4.42. The molecule has 2 unspecified atom stereocenters. The molecule has 0 bridgehead atoms. The number of aliphatic carboxylic acids is 1. The van der Waals surface area contributed by atoms with Crippen molar-refractivity contribution in [3.8, 4) is 0 Å². The third-order valence-corrected chi connectivity index (χ3v) is 3.19. The summed E-state index contributed by atoms with van der Waals surface area (Å²) < 4.78 is 12.3. The number of halogens is 1. The Bertz CT molecular complexity index is 366. The number of amides is 1. The van der Waals surface area contributed by atoms with Gasteiger partial charge in [-0.1, -0.05) is 6.07 Å². The van der Waals surface area contributed by atoms with Crippen molar-refractivity contribution in [2.24, 2.45) is 0 Å². The predicted octanol–water partition coefficient (Wildman–Crippen LogP) is 1.39. The van der Waals surface area contributed by atoms with E-state index in [0.717, 1.165) is 4.88 Å². The van der Waals surface area contributed by atoms with E-state index in [1.54, 1.807) is 19.1 Å². The normalized spacial score (nSPS) is 14.1. The highest BCUT2D eigenvalue weighted by Crippen LogP contribution is 2.20. The number of rotatable bonds is 5. The van der Waals surface area contributed by atoms with Crippen LogP contribution in [0.2, 0.25) is 0 Å². The molecule has 1 aromatic rings. The zero-order valence-electron chi connectivity index (χ0n) is 8.64. The van der Waals surface area contributed by atoms with Crippen LogP contribution in [0, 0.1) is 0 Å². The van der Waals surface area contributed by atoms with Gasteiger partial charge < -0.3 is 10.4 Å². The van der Waals surface area contributed by atoms with Gasteiger partial charge in [-0.3, -0.25) is 4.79 Å². The average molecular weight is 245 g/mol. The molecule has 6 heteroatoms. The quantitative estimate of drug-likeness (QED) is 0.823. The summed E-state index contributed by atoms with van der Waals surface area (Å²) in [4.78, 5) is 22.9. The molecule has 4 nitrogen and oxygen atoms in total. The van der Waals surface area contributed by atoms with E-state index in [0.29, 0.717) is 0 Å². The molecular weight excluding hydrogens is 233 g/mol. The van der Waals surface area contributed by atoms with Crippen LogP contribution in [0.4, 0.5) is 4.39 Å². The summed E-state index contributed by atoms with van der Waals surface area (Å²) >= 11 is 1.40. The highest BCUT2D eigenvalue weighted by molar-refractivity contribution is 7.10. The summed E-state index contributed by atoms with van der Waals surface area (Å²) in [6.07, 6.45) is 0. The van der Waals surface area contributed by atoms with Crippen LogP contribution in [-0.2, 0) is 9.59 Å². The Balaban J connectivity index is 2.61. The van der Waals surface area contributed by atoms with Gasteiger partial charge in [-0.2, -0.15) is 0 Å². The summed E-state index contributed by atoms with van der Waals surface area (Å²) in [7, 11) is 0. The molecule has 0 fully saturated rings. The Morgan fingerprint density at radius 3 is 2.75 bits per heavy atom. The fourth-order valence-corrected chi connectivity index (χ4v) is 1.91. The number of nitrogens with one attached hydrogen (secondary N) is 1. The molecule has 0 saturated carbocycles. The van der Waals surface area contributed by atoms with Crippen LogP contribution in [-0.4, -0.2) is 29.7 Å². The van der Waals surface area contributed by atoms with Crippen molar-refractivity contribution < 1.29 is 19.1 Å². The highest BCUT2D eigenvalue weighted by Gasteiger charge is 2.23. The van der Waals surface area contributed by atoms with Crippen LogP contribution < -0.4 is 5.32 Å². The van der Waals surface area contributed by atoms with Gasteiger partial charge in [-0.05, 0) is 18.4 Å². The molecule has 1 rings (SSSR count). The molecule has 0 aliphatic rings. The Labute approximate surface area is 96.1 Å². The van der Waals surface area contributed by atoms with Crippen LogP contribution in [0.25, 0.3) is 0 Å². The maximum atomic E-state index is 12.3. The third kappa shape index (κ3) is 3.03. The maximum Gasteiger partial charge on any atom is 0.328 e. The standard InChI is InChI=1S/C10H12FNO3S/c1-6(8-3-2-4-16-8)9(13)12-7(5-11)10(14)15/h2-4,6-7H,5H2,1H3,(H,12,13)(H,14,15). The molecule has 1 aromatic heterocycles. The van der Waals surface area contributed by atoms with E-state index in [9.17, 15) is 14.0 Å². The number of carbonyl (C=O) groups is 2. The number of hydrogen-bond donors (Lipinski definition) is 2. The van der Waals surface area contributed by atoms with Crippen LogP contribution >= 0.6 is 11.3 Å². The summed E-state index contributed by atoms with van der Waals surface area (Å²) in [6, 6.07) is 2.11. The zero-order chi connectivity index (χ0) is 12.1. The Hall–Kier alpha value is -1.43. The largest absolute Gasteiger partial charge is 0.480 e. The molecule has 2 N–H and O–H groups in total. The van der Waals surface area contributed by atoms with E-state index >= 15 is 0 Å². The molecule has 1 amide bonds. The lowest BCUT2D eigenvalue weighted by Gasteiger charge is -2.14. The first-order chi connectivity index (χ1) is 7.56. The molecule has 0 aliphatic heterocycles. The van der Waals surface area contributed by atoms with E-state index in [-0.39, 0.29) is 0 Å². The van der Waals surface area contributed by atoms with Gasteiger partial charge in [0.1, 0.15) is 6.67 Å². The second-order valence-corrected chi connectivity index (χ2v) is 4.27. The van der Waals surface area contributed by atoms with Crippen molar-refractivity contribution >= 4 is 23.2 Å². The van der Waals surface area contributed by atoms with Crippen molar-refractivity contribution in [3.05, 3.63) is 22.4 Å². The molecule has 16 heavy (non-hydrogen) atoms. The minimum absolute atomic E-state index is 0.464. The van der Waals surface area contributed by atoms with Gasteiger partial charge >= 0.3 is 5.97 Å². The van der Waals surface area contributed by atoms with Crippen molar-refractivity contribution in [1.29, 1.82) is 0 Å². The number of carboxylic acid groups (broad SMARTS) is 1. The number of alkyl halides is 1. The fraction of sp³-hybridized carbons (Fsp3) is 0.400. The van der Waals surface area contributed by atoms with Crippen molar-refractivity contribution in [3.63, 3.8) is 0 Å². The Morgan fingerprint density at radius 2 is 2.31 bits per heavy atom. The average Bonchev–Trinajstić information content (AvgIpc) is 2.77.